The normalized spacial score (nSPS) is 12.7. The third kappa shape index (κ3) is 4.79. The Morgan fingerprint density at radius 1 is 0.397 bits per heavy atom. The van der Waals surface area contributed by atoms with Gasteiger partial charge in [0.15, 0.2) is 0 Å². The molecule has 0 amide bonds. The van der Waals surface area contributed by atoms with Gasteiger partial charge in [-0.05, 0) is 105 Å². The fourth-order valence-corrected chi connectivity index (χ4v) is 11.5. The van der Waals surface area contributed by atoms with E-state index in [-0.39, 0.29) is 0 Å². The van der Waals surface area contributed by atoms with E-state index in [0.717, 1.165) is 77.9 Å². The summed E-state index contributed by atoms with van der Waals surface area (Å²) >= 11 is 3.51. The number of hydrogen-bond acceptors (Lipinski definition) is 6. The molecule has 7 aromatic carbocycles. The van der Waals surface area contributed by atoms with Crippen molar-refractivity contribution in [1.29, 1.82) is 0 Å². The Balaban J connectivity index is 0.970. The van der Waals surface area contributed by atoms with Gasteiger partial charge in [-0.1, -0.05) is 109 Å². The van der Waals surface area contributed by atoms with Crippen LogP contribution in [0.4, 0.5) is 0 Å². The quantitative estimate of drug-likeness (QED) is 0.167. The van der Waals surface area contributed by atoms with Gasteiger partial charge in [0.1, 0.15) is 10.0 Å². The highest BCUT2D eigenvalue weighted by molar-refractivity contribution is 7.22. The summed E-state index contributed by atoms with van der Waals surface area (Å²) in [6.45, 7) is 0. The van der Waals surface area contributed by atoms with Gasteiger partial charge in [-0.3, -0.25) is 9.97 Å². The Hall–Kier alpha value is -6.86. The van der Waals surface area contributed by atoms with Gasteiger partial charge in [-0.25, -0.2) is 9.97 Å². The highest BCUT2D eigenvalue weighted by Gasteiger charge is 2.28. The first-order chi connectivity index (χ1) is 28.7. The Kier molecular flexibility index (Phi) is 6.85. The lowest BCUT2D eigenvalue weighted by atomic mass is 9.90. The minimum Gasteiger partial charge on any atom is -0.253 e. The number of benzene rings is 7. The molecule has 0 saturated carbocycles. The van der Waals surface area contributed by atoms with Crippen molar-refractivity contribution in [2.75, 3.05) is 0 Å². The van der Waals surface area contributed by atoms with Crippen molar-refractivity contribution in [3.8, 4) is 65.6 Å². The first-order valence-corrected chi connectivity index (χ1v) is 21.2. The number of hydrogen-bond donors (Lipinski definition) is 0. The lowest BCUT2D eigenvalue weighted by Gasteiger charge is -2.16. The minimum absolute atomic E-state index is 0.882. The monoisotopic (exact) mass is 774 g/mol. The average Bonchev–Trinajstić information content (AvgIpc) is 4.07. The molecule has 0 atom stereocenters. The molecule has 0 N–H and O–H groups in total. The average molecular weight is 775 g/mol. The fourth-order valence-electron chi connectivity index (χ4n) is 9.48. The van der Waals surface area contributed by atoms with Crippen molar-refractivity contribution in [3.63, 3.8) is 0 Å². The second-order valence-electron chi connectivity index (χ2n) is 15.3. The Morgan fingerprint density at radius 2 is 0.828 bits per heavy atom. The van der Waals surface area contributed by atoms with Crippen LogP contribution >= 0.6 is 22.7 Å². The molecule has 0 fully saturated rings. The molecule has 0 radical (unpaired) electrons. The van der Waals surface area contributed by atoms with Crippen LogP contribution in [-0.4, -0.2) is 19.9 Å². The molecular formula is C52H30N4S2. The zero-order valence-corrected chi connectivity index (χ0v) is 32.7. The molecule has 0 saturated heterocycles. The number of rotatable bonds is 4. The highest BCUT2D eigenvalue weighted by atomic mass is 32.1. The smallest absolute Gasteiger partial charge is 0.125 e. The number of fused-ring (bicyclic) bond motifs is 11. The molecule has 0 aliphatic heterocycles. The molecule has 2 aliphatic carbocycles. The maximum Gasteiger partial charge on any atom is 0.125 e. The molecule has 13 rings (SSSR count). The van der Waals surface area contributed by atoms with Crippen LogP contribution in [0, 0.1) is 0 Å². The van der Waals surface area contributed by atoms with Gasteiger partial charge in [0.25, 0.3) is 0 Å². The van der Waals surface area contributed by atoms with Gasteiger partial charge >= 0.3 is 0 Å². The van der Waals surface area contributed by atoms with Crippen molar-refractivity contribution in [2.45, 2.75) is 12.8 Å². The zero-order chi connectivity index (χ0) is 37.9. The number of nitrogens with zero attached hydrogens (tertiary/aromatic N) is 4. The number of thiazole rings is 2. The van der Waals surface area contributed by atoms with E-state index in [1.54, 1.807) is 22.7 Å². The predicted molar refractivity (Wildman–Crippen MR) is 242 cm³/mol. The van der Waals surface area contributed by atoms with Gasteiger partial charge in [0, 0.05) is 45.4 Å². The molecule has 4 aromatic heterocycles. The summed E-state index contributed by atoms with van der Waals surface area (Å²) in [5.74, 6) is 0. The summed E-state index contributed by atoms with van der Waals surface area (Å²) in [5, 5.41) is 4.20. The molecule has 0 bridgehead atoms. The van der Waals surface area contributed by atoms with Gasteiger partial charge in [0.05, 0.1) is 31.5 Å². The van der Waals surface area contributed by atoms with Crippen LogP contribution in [0.5, 0.6) is 0 Å². The lowest BCUT2D eigenvalue weighted by Crippen LogP contribution is -1.96. The standard InChI is InChI=1S/C52H30N4S2/c1-3-11-35-29(9-1)25-41-37(35)19-21-39(51-55-43-13-5-7-15-45(43)57-51)47(41)33-23-31-17-18-32-24-34(28-54-50(32)49(31)53-27-33)48-40(52-56-44-14-6-8-16-46(44)58-52)22-20-38-36-12-4-2-10-30(36)26-42(38)48/h1-24,27-28H,25-26H2. The van der Waals surface area contributed by atoms with Crippen molar-refractivity contribution < 1.29 is 0 Å². The fraction of sp³-hybridized carbons (Fsp3) is 0.0385. The van der Waals surface area contributed by atoms with Gasteiger partial charge in [0.2, 0.25) is 0 Å². The predicted octanol–water partition coefficient (Wildman–Crippen LogP) is 13.8. The minimum atomic E-state index is 0.882. The second kappa shape index (κ2) is 12.3. The van der Waals surface area contributed by atoms with Crippen LogP contribution in [0.15, 0.2) is 158 Å². The molecule has 2 aliphatic rings. The van der Waals surface area contributed by atoms with E-state index in [2.05, 4.69) is 158 Å². The van der Waals surface area contributed by atoms with E-state index in [9.17, 15) is 0 Å². The largest absolute Gasteiger partial charge is 0.253 e. The summed E-state index contributed by atoms with van der Waals surface area (Å²) < 4.78 is 2.39. The van der Waals surface area contributed by atoms with Crippen molar-refractivity contribution in [1.82, 2.24) is 19.9 Å². The Labute approximate surface area is 341 Å². The molecule has 0 unspecified atom stereocenters. The highest BCUT2D eigenvalue weighted by Crippen LogP contribution is 2.49. The molecular weight excluding hydrogens is 745 g/mol. The topological polar surface area (TPSA) is 51.6 Å². The first kappa shape index (κ1) is 32.2. The van der Waals surface area contributed by atoms with Crippen molar-refractivity contribution in [2.24, 2.45) is 0 Å². The maximum atomic E-state index is 5.23. The molecule has 11 aromatic rings. The molecule has 58 heavy (non-hydrogen) atoms. The molecule has 4 heterocycles. The van der Waals surface area contributed by atoms with E-state index >= 15 is 0 Å². The summed E-state index contributed by atoms with van der Waals surface area (Å²) in [5.41, 5.74) is 21.4. The second-order valence-corrected chi connectivity index (χ2v) is 17.4. The lowest BCUT2D eigenvalue weighted by molar-refractivity contribution is 1.26. The van der Waals surface area contributed by atoms with Crippen molar-refractivity contribution >= 4 is 64.9 Å². The van der Waals surface area contributed by atoms with Crippen LogP contribution < -0.4 is 0 Å². The van der Waals surface area contributed by atoms with Crippen LogP contribution in [-0.2, 0) is 12.8 Å². The van der Waals surface area contributed by atoms with Crippen LogP contribution in [0.1, 0.15) is 22.3 Å². The molecule has 6 heteroatoms. The summed E-state index contributed by atoms with van der Waals surface area (Å²) in [6, 6.07) is 52.6. The van der Waals surface area contributed by atoms with Crippen molar-refractivity contribution in [3.05, 3.63) is 180 Å². The van der Waals surface area contributed by atoms with E-state index in [1.807, 2.05) is 0 Å². The zero-order valence-electron chi connectivity index (χ0n) is 31.0. The van der Waals surface area contributed by atoms with E-state index in [4.69, 9.17) is 19.9 Å². The molecule has 270 valence electrons. The summed E-state index contributed by atoms with van der Waals surface area (Å²) in [6.07, 6.45) is 5.87. The Morgan fingerprint density at radius 3 is 1.31 bits per heavy atom. The number of aromatic nitrogens is 4. The van der Waals surface area contributed by atoms with Gasteiger partial charge in [-0.2, -0.15) is 0 Å². The van der Waals surface area contributed by atoms with E-state index in [1.165, 1.54) is 65.0 Å². The van der Waals surface area contributed by atoms with Gasteiger partial charge < -0.3 is 0 Å². The van der Waals surface area contributed by atoms with Crippen LogP contribution in [0.25, 0.3) is 108 Å². The van der Waals surface area contributed by atoms with Crippen LogP contribution in [0.2, 0.25) is 0 Å². The Bertz CT molecular complexity index is 3240. The SMILES string of the molecule is c1ccc2c(c1)Cc1c-2ccc(-c2nc3ccccc3s2)c1-c1cnc2c(ccc3cc(-c4c(-c5nc6ccccc6s5)ccc5c4Cc4ccccc4-5)cnc32)c1. The van der Waals surface area contributed by atoms with Gasteiger partial charge in [-0.15, -0.1) is 22.7 Å². The molecule has 4 nitrogen and oxygen atoms in total. The summed E-state index contributed by atoms with van der Waals surface area (Å²) in [4.78, 5) is 20.7. The van der Waals surface area contributed by atoms with E-state index < -0.39 is 0 Å². The number of para-hydroxylation sites is 2. The van der Waals surface area contributed by atoms with E-state index in [0.29, 0.717) is 0 Å². The maximum absolute atomic E-state index is 5.23. The third-order valence-electron chi connectivity index (χ3n) is 12.1. The number of pyridine rings is 2. The summed E-state index contributed by atoms with van der Waals surface area (Å²) in [7, 11) is 0. The molecule has 0 spiro atoms. The first-order valence-electron chi connectivity index (χ1n) is 19.6. The third-order valence-corrected chi connectivity index (χ3v) is 14.2. The van der Waals surface area contributed by atoms with Crippen LogP contribution in [0.3, 0.4) is 0 Å².